The lowest BCUT2D eigenvalue weighted by atomic mass is 9.85. The average Bonchev–Trinajstić information content (AvgIpc) is 2.16. The summed E-state index contributed by atoms with van der Waals surface area (Å²) in [5.41, 5.74) is 1.21. The molecule has 0 amide bonds. The molecule has 1 aromatic rings. The highest BCUT2D eigenvalue weighted by molar-refractivity contribution is 5.98. The maximum absolute atomic E-state index is 11.6. The van der Waals surface area contributed by atoms with Crippen molar-refractivity contribution in [1.82, 2.24) is 9.97 Å². The minimum atomic E-state index is -0.870. The van der Waals surface area contributed by atoms with Crippen LogP contribution in [0.15, 0.2) is 12.5 Å². The van der Waals surface area contributed by atoms with E-state index in [0.717, 1.165) is 0 Å². The van der Waals surface area contributed by atoms with Crippen LogP contribution in [0.4, 0.5) is 0 Å². The third-order valence-electron chi connectivity index (χ3n) is 2.51. The number of rotatable bonds is 2. The van der Waals surface area contributed by atoms with E-state index in [4.69, 9.17) is 5.11 Å². The maximum Gasteiger partial charge on any atom is 0.303 e. The Hall–Kier alpha value is -1.78. The molecule has 1 unspecified atom stereocenters. The minimum Gasteiger partial charge on any atom is -0.481 e. The smallest absolute Gasteiger partial charge is 0.303 e. The zero-order chi connectivity index (χ0) is 10.8. The summed E-state index contributed by atoms with van der Waals surface area (Å²) in [4.78, 5) is 29.9. The van der Waals surface area contributed by atoms with Gasteiger partial charge in [-0.25, -0.2) is 9.97 Å². The number of nitrogens with zero attached hydrogens (tertiary/aromatic N) is 2. The molecule has 1 aromatic heterocycles. The van der Waals surface area contributed by atoms with Gasteiger partial charge in [0.05, 0.1) is 11.3 Å². The number of fused-ring (bicyclic) bond motifs is 1. The molecule has 15 heavy (non-hydrogen) atoms. The van der Waals surface area contributed by atoms with Gasteiger partial charge in [-0.1, -0.05) is 0 Å². The molecule has 1 atom stereocenters. The molecule has 1 aliphatic rings. The molecule has 0 bridgehead atoms. The maximum atomic E-state index is 11.6. The zero-order valence-electron chi connectivity index (χ0n) is 8.01. The van der Waals surface area contributed by atoms with Crippen LogP contribution in [-0.2, 0) is 11.2 Å². The first-order valence-corrected chi connectivity index (χ1v) is 4.70. The molecule has 2 rings (SSSR count). The molecule has 0 spiro atoms. The van der Waals surface area contributed by atoms with Crippen molar-refractivity contribution in [1.29, 1.82) is 0 Å². The van der Waals surface area contributed by atoms with Gasteiger partial charge in [0.2, 0.25) is 0 Å². The minimum absolute atomic E-state index is 0.0230. The van der Waals surface area contributed by atoms with Crippen LogP contribution in [0, 0.1) is 5.92 Å². The van der Waals surface area contributed by atoms with Crippen LogP contribution >= 0.6 is 0 Å². The van der Waals surface area contributed by atoms with E-state index in [1.54, 1.807) is 0 Å². The van der Waals surface area contributed by atoms with Crippen molar-refractivity contribution in [2.75, 3.05) is 0 Å². The van der Waals surface area contributed by atoms with Crippen molar-refractivity contribution >= 4 is 11.8 Å². The van der Waals surface area contributed by atoms with Gasteiger partial charge in [-0.05, 0) is 12.3 Å². The van der Waals surface area contributed by atoms with Gasteiger partial charge in [0.25, 0.3) is 0 Å². The lowest BCUT2D eigenvalue weighted by molar-refractivity contribution is -0.138. The Morgan fingerprint density at radius 1 is 1.53 bits per heavy atom. The highest BCUT2D eigenvalue weighted by Crippen LogP contribution is 2.25. The quantitative estimate of drug-likeness (QED) is 0.770. The number of Topliss-reactive ketones (excluding diaryl/α,β-unsaturated/α-hetero) is 1. The average molecular weight is 206 g/mol. The molecule has 0 saturated heterocycles. The van der Waals surface area contributed by atoms with Crippen molar-refractivity contribution < 1.29 is 14.7 Å². The van der Waals surface area contributed by atoms with Crippen molar-refractivity contribution in [2.24, 2.45) is 5.92 Å². The van der Waals surface area contributed by atoms with Crippen LogP contribution in [0.1, 0.15) is 28.9 Å². The molecule has 5 nitrogen and oxygen atoms in total. The van der Waals surface area contributed by atoms with E-state index in [2.05, 4.69) is 9.97 Å². The number of ketones is 1. The summed E-state index contributed by atoms with van der Waals surface area (Å²) >= 11 is 0. The highest BCUT2D eigenvalue weighted by Gasteiger charge is 2.27. The first kappa shape index (κ1) is 9.76. The number of hydrogen-bond donors (Lipinski definition) is 1. The molecule has 0 saturated carbocycles. The Morgan fingerprint density at radius 3 is 3.07 bits per heavy atom. The number of carboxylic acids is 1. The normalized spacial score (nSPS) is 19.7. The van der Waals surface area contributed by atoms with Crippen LogP contribution in [0.3, 0.4) is 0 Å². The van der Waals surface area contributed by atoms with Crippen molar-refractivity contribution in [3.05, 3.63) is 23.8 Å². The van der Waals surface area contributed by atoms with E-state index >= 15 is 0 Å². The molecule has 1 aliphatic carbocycles. The number of carbonyl (C=O) groups is 2. The van der Waals surface area contributed by atoms with E-state index in [1.807, 2.05) is 0 Å². The largest absolute Gasteiger partial charge is 0.481 e. The van der Waals surface area contributed by atoms with Gasteiger partial charge < -0.3 is 5.11 Å². The fourth-order valence-corrected chi connectivity index (χ4v) is 1.86. The standard InChI is InChI=1S/C10H10N2O3/c13-9-2-6(3-10(14)15)1-8-7(9)4-11-5-12-8/h4-6H,1-3H2,(H,14,15). The van der Waals surface area contributed by atoms with Gasteiger partial charge in [-0.15, -0.1) is 0 Å². The van der Waals surface area contributed by atoms with Gasteiger partial charge in [-0.3, -0.25) is 9.59 Å². The summed E-state index contributed by atoms with van der Waals surface area (Å²) in [5, 5.41) is 8.66. The fraction of sp³-hybridized carbons (Fsp3) is 0.400. The molecular weight excluding hydrogens is 196 g/mol. The van der Waals surface area contributed by atoms with Crippen LogP contribution in [0.5, 0.6) is 0 Å². The Kier molecular flexibility index (Phi) is 2.45. The molecular formula is C10H10N2O3. The second-order valence-corrected chi connectivity index (χ2v) is 3.68. The number of hydrogen-bond acceptors (Lipinski definition) is 4. The predicted molar refractivity (Wildman–Crippen MR) is 50.4 cm³/mol. The van der Waals surface area contributed by atoms with E-state index in [1.165, 1.54) is 12.5 Å². The SMILES string of the molecule is O=C(O)CC1CC(=O)c2cncnc2C1. The molecule has 0 aromatic carbocycles. The third-order valence-corrected chi connectivity index (χ3v) is 2.51. The number of aromatic nitrogens is 2. The molecule has 5 heteroatoms. The first-order valence-electron chi connectivity index (χ1n) is 4.70. The van der Waals surface area contributed by atoms with Crippen LogP contribution in [0.2, 0.25) is 0 Å². The molecule has 0 aliphatic heterocycles. The summed E-state index contributed by atoms with van der Waals surface area (Å²) in [6.45, 7) is 0. The van der Waals surface area contributed by atoms with Crippen molar-refractivity contribution in [3.63, 3.8) is 0 Å². The predicted octanol–water partition coefficient (Wildman–Crippen LogP) is 0.696. The summed E-state index contributed by atoms with van der Waals surface area (Å²) in [6.07, 6.45) is 3.74. The summed E-state index contributed by atoms with van der Waals surface area (Å²) in [6, 6.07) is 0. The molecule has 0 fully saturated rings. The fourth-order valence-electron chi connectivity index (χ4n) is 1.86. The van der Waals surface area contributed by atoms with Crippen LogP contribution in [-0.4, -0.2) is 26.8 Å². The molecule has 1 heterocycles. The lowest BCUT2D eigenvalue weighted by Crippen LogP contribution is -2.23. The molecule has 1 N–H and O–H groups in total. The first-order chi connectivity index (χ1) is 7.16. The Labute approximate surface area is 86.2 Å². The topological polar surface area (TPSA) is 80.1 Å². The monoisotopic (exact) mass is 206 g/mol. The van der Waals surface area contributed by atoms with Gasteiger partial charge >= 0.3 is 5.97 Å². The van der Waals surface area contributed by atoms with Gasteiger partial charge in [0, 0.05) is 19.0 Å². The molecule has 78 valence electrons. The third kappa shape index (κ3) is 2.01. The Balaban J connectivity index is 2.23. The Bertz CT molecular complexity index is 417. The number of aliphatic carboxylic acids is 1. The summed E-state index contributed by atoms with van der Waals surface area (Å²) < 4.78 is 0. The summed E-state index contributed by atoms with van der Waals surface area (Å²) in [5.74, 6) is -1.05. The second-order valence-electron chi connectivity index (χ2n) is 3.68. The van der Waals surface area contributed by atoms with Crippen molar-refractivity contribution in [3.8, 4) is 0 Å². The Morgan fingerprint density at radius 2 is 2.33 bits per heavy atom. The molecule has 0 radical (unpaired) electrons. The second kappa shape index (κ2) is 3.76. The summed E-state index contributed by atoms with van der Waals surface area (Å²) in [7, 11) is 0. The zero-order valence-corrected chi connectivity index (χ0v) is 8.01. The van der Waals surface area contributed by atoms with Gasteiger partial charge in [-0.2, -0.15) is 0 Å². The highest BCUT2D eigenvalue weighted by atomic mass is 16.4. The lowest BCUT2D eigenvalue weighted by Gasteiger charge is -2.20. The van der Waals surface area contributed by atoms with Gasteiger partial charge in [0.1, 0.15) is 6.33 Å². The van der Waals surface area contributed by atoms with E-state index < -0.39 is 5.97 Å². The van der Waals surface area contributed by atoms with E-state index in [0.29, 0.717) is 17.7 Å². The van der Waals surface area contributed by atoms with E-state index in [9.17, 15) is 9.59 Å². The van der Waals surface area contributed by atoms with Crippen LogP contribution < -0.4 is 0 Å². The van der Waals surface area contributed by atoms with Crippen molar-refractivity contribution in [2.45, 2.75) is 19.3 Å². The van der Waals surface area contributed by atoms with E-state index in [-0.39, 0.29) is 24.5 Å². The number of carbonyl (C=O) groups excluding carboxylic acids is 1. The van der Waals surface area contributed by atoms with Gasteiger partial charge in [0.15, 0.2) is 5.78 Å². The number of carboxylic acid groups (broad SMARTS) is 1. The van der Waals surface area contributed by atoms with Crippen LogP contribution in [0.25, 0.3) is 0 Å².